The molecular formula is C91H137N27O27S. The van der Waals surface area contributed by atoms with Gasteiger partial charge in [-0.1, -0.05) is 75.9 Å². The van der Waals surface area contributed by atoms with Gasteiger partial charge in [-0.15, -0.1) is 0 Å². The number of benzene rings is 3. The van der Waals surface area contributed by atoms with Crippen molar-refractivity contribution in [3.63, 3.8) is 0 Å². The van der Waals surface area contributed by atoms with Gasteiger partial charge < -0.3 is 160 Å². The molecule has 0 radical (unpaired) electrons. The van der Waals surface area contributed by atoms with E-state index >= 15 is 0 Å². The van der Waals surface area contributed by atoms with Gasteiger partial charge in [0.25, 0.3) is 0 Å². The number of carbonyl (C=O) groups excluding carboxylic acids is 22. The highest BCUT2D eigenvalue weighted by Crippen LogP contribution is 2.22. The molecule has 804 valence electrons. The molecule has 3 aromatic carbocycles. The third-order valence-corrected chi connectivity index (χ3v) is 23.2. The summed E-state index contributed by atoms with van der Waals surface area (Å²) in [5.41, 5.74) is 28.6. The summed E-state index contributed by atoms with van der Waals surface area (Å²) in [4.78, 5) is 303. The lowest BCUT2D eigenvalue weighted by Gasteiger charge is -2.29. The molecule has 55 heteroatoms. The molecule has 146 heavy (non-hydrogen) atoms. The molecule has 1 saturated heterocycles. The second-order valence-corrected chi connectivity index (χ2v) is 36.6. The Morgan fingerprint density at radius 3 is 1.02 bits per heavy atom. The van der Waals surface area contributed by atoms with Crippen molar-refractivity contribution >= 4 is 153 Å². The molecule has 21 amide bonds. The number of phenolic OH excluding ortho intramolecular Hbond substituents is 3. The van der Waals surface area contributed by atoms with Crippen LogP contribution in [-0.4, -0.2) is 319 Å². The first-order valence-electron chi connectivity index (χ1n) is 46.7. The first kappa shape index (κ1) is 123. The van der Waals surface area contributed by atoms with Gasteiger partial charge in [0, 0.05) is 58.5 Å². The fraction of sp³-hybridized carbons (Fsp3) is 0.538. The van der Waals surface area contributed by atoms with Gasteiger partial charge in [-0.2, -0.15) is 0 Å². The van der Waals surface area contributed by atoms with Crippen molar-refractivity contribution in [2.75, 3.05) is 45.1 Å². The van der Waals surface area contributed by atoms with Crippen LogP contribution in [0.4, 0.5) is 0 Å². The van der Waals surface area contributed by atoms with Crippen molar-refractivity contribution in [3.05, 3.63) is 89.5 Å². The Morgan fingerprint density at radius 1 is 0.370 bits per heavy atom. The van der Waals surface area contributed by atoms with E-state index in [0.717, 1.165) is 32.6 Å². The maximum Gasteiger partial charge on any atom is 0.248 e. The van der Waals surface area contributed by atoms with Crippen molar-refractivity contribution < 1.29 is 131 Å². The summed E-state index contributed by atoms with van der Waals surface area (Å²) in [5, 5.41) is 111. The van der Waals surface area contributed by atoms with Gasteiger partial charge >= 0.3 is 0 Å². The predicted octanol–water partition coefficient (Wildman–Crippen LogP) is -10.1. The van der Waals surface area contributed by atoms with E-state index in [9.17, 15) is 131 Å². The third kappa shape index (κ3) is 44.5. The number of nitrogens with one attached hydrogen (secondary N) is 21. The van der Waals surface area contributed by atoms with E-state index in [2.05, 4.69) is 101 Å². The Labute approximate surface area is 844 Å². The Bertz CT molecular complexity index is 5120. The fourth-order valence-corrected chi connectivity index (χ4v) is 15.4. The number of nitrogens with two attached hydrogens (primary N) is 5. The minimum Gasteiger partial charge on any atom is -0.508 e. The molecule has 0 unspecified atom stereocenters. The van der Waals surface area contributed by atoms with Gasteiger partial charge in [-0.25, -0.2) is 0 Å². The summed E-state index contributed by atoms with van der Waals surface area (Å²) in [5.74, 6) is -24.5. The van der Waals surface area contributed by atoms with E-state index in [0.29, 0.717) is 16.7 Å². The number of phenols is 3. The maximum absolute atomic E-state index is 14.8. The van der Waals surface area contributed by atoms with Gasteiger partial charge in [-0.3, -0.25) is 116 Å². The van der Waals surface area contributed by atoms with Gasteiger partial charge in [0.05, 0.1) is 38.6 Å². The summed E-state index contributed by atoms with van der Waals surface area (Å²) < 4.78 is 0. The van der Waals surface area contributed by atoms with E-state index in [4.69, 9.17) is 39.5 Å². The zero-order valence-corrected chi connectivity index (χ0v) is 83.3. The van der Waals surface area contributed by atoms with Crippen LogP contribution >= 0.6 is 11.8 Å². The van der Waals surface area contributed by atoms with Crippen LogP contribution in [0.15, 0.2) is 72.8 Å². The molecule has 1 heterocycles. The zero-order chi connectivity index (χ0) is 110. The van der Waals surface area contributed by atoms with Crippen LogP contribution in [0, 0.1) is 22.7 Å². The van der Waals surface area contributed by atoms with Gasteiger partial charge in [-0.05, 0) is 144 Å². The lowest BCUT2D eigenvalue weighted by atomic mass is 10.0. The molecule has 0 aromatic heterocycles. The van der Waals surface area contributed by atoms with Crippen LogP contribution in [0.1, 0.15) is 150 Å². The van der Waals surface area contributed by atoms with Crippen molar-refractivity contribution in [2.45, 2.75) is 255 Å². The maximum atomic E-state index is 14.8. The summed E-state index contributed by atoms with van der Waals surface area (Å²) >= 11 is 0.201. The smallest absolute Gasteiger partial charge is 0.248 e. The van der Waals surface area contributed by atoms with E-state index in [1.54, 1.807) is 27.7 Å². The second-order valence-electron chi connectivity index (χ2n) is 35.6. The number of hydrogen-bond donors (Lipinski definition) is 31. The summed E-state index contributed by atoms with van der Waals surface area (Å²) in [6.07, 6.45) is -2.86. The largest absolute Gasteiger partial charge is 0.508 e. The van der Waals surface area contributed by atoms with Crippen molar-refractivity contribution in [2.24, 2.45) is 40.5 Å². The van der Waals surface area contributed by atoms with E-state index in [1.165, 1.54) is 86.6 Å². The van der Waals surface area contributed by atoms with Crippen LogP contribution < -0.4 is 130 Å². The van der Waals surface area contributed by atoms with Crippen LogP contribution in [0.25, 0.3) is 0 Å². The molecule has 3 aromatic rings. The van der Waals surface area contributed by atoms with Crippen molar-refractivity contribution in [3.8, 4) is 17.2 Å². The molecule has 0 saturated carbocycles. The van der Waals surface area contributed by atoms with Crippen LogP contribution in [0.5, 0.6) is 17.2 Å². The van der Waals surface area contributed by atoms with Crippen LogP contribution in [0.3, 0.4) is 0 Å². The fourth-order valence-electron chi connectivity index (χ4n) is 14.5. The third-order valence-electron chi connectivity index (χ3n) is 22.1. The monoisotopic (exact) mass is 2070 g/mol. The molecule has 36 N–H and O–H groups in total. The summed E-state index contributed by atoms with van der Waals surface area (Å²) in [6, 6.07) is -11.2. The molecule has 54 nitrogen and oxygen atoms in total. The van der Waals surface area contributed by atoms with Crippen LogP contribution in [-0.2, 0) is 125 Å². The number of aliphatic hydroxyl groups is 2. The van der Waals surface area contributed by atoms with Gasteiger partial charge in [0.15, 0.2) is 11.9 Å². The number of hydrogen-bond acceptors (Lipinski definition) is 30. The van der Waals surface area contributed by atoms with E-state index in [-0.39, 0.29) is 131 Å². The highest BCUT2D eigenvalue weighted by molar-refractivity contribution is 8.13. The quantitative estimate of drug-likeness (QED) is 0.0142. The number of aromatic hydroxyl groups is 3. The lowest BCUT2D eigenvalue weighted by molar-refractivity contribution is -0.143. The van der Waals surface area contributed by atoms with E-state index in [1.807, 2.05) is 0 Å². The first-order chi connectivity index (χ1) is 68.6. The number of carbonyl (C=O) groups is 22. The standard InChI is InChI=1S/C91H137N27O27S/c1-43(2)32-59(106-49(9)121)81(137)113-62(35-52-19-25-55(124)26-20-52)84(140)109-57(14-11-29-99-90(95)96)77(133)102-45(5)74(130)111-64(37-70(92)126)79(135)104-47(7)76(132)117-68(86(142)116-67(41-120)88(144)118-31-13-16-69(118)87(143)101-39-72(128)108-61(34-51-17-23-54(123)24-18-51)83(139)115-66(40-119)73(94)129)42-146-89(145)48(8)105-80(136)65(38-71(93)127)112-75(131)46(6)103-78(134)58(15-12-30-100-91(97)98)110-85(141)63(36-53-21-27-56(125)28-22-53)114-82(138)60(33-44(3)4)107-50(10)122/h17-28,43-48,57-69,119-120,123-125H,11-16,29-42H2,1-10H3,(H2,92,126)(H2,93,127)(H2,94,129)(H,101,143)(H,102,133)(H,103,134)(H,104,135)(H,105,136)(H,106,121)(H,107,122)(H,108,128)(H,109,140)(H,110,141)(H,111,130)(H,112,131)(H,113,137)(H,114,138)(H,115,139)(H,116,142)(H,117,132)(H4,95,96,99)(H4,97,98,100)/t45-,46-,47-,48-,57-,58-,59-,60-,61-,62-,63-,64-,65-,66-,67-,68-,69-/m0/s1. The SMILES string of the molecule is CC(=O)N[C@@H](CC(C)C)C(=O)N[C@@H](Cc1ccc(O)cc1)C(=O)N[C@@H](CCCNC(=N)N)C(=O)N[C@@H](C)C(=O)N[C@@H](CC(N)=O)C(=O)N[C@@H](C)C(=O)N[C@@H](CSC(=O)[C@H](C)NC(=O)[C@H](CC(N)=O)NC(=O)[C@H](C)NC(=O)[C@H](CCCNC(=N)N)NC(=O)[C@H](Cc1ccc(O)cc1)NC(=O)[C@H](CC(C)C)NC(C)=O)C(=O)N[C@@H](CO)C(=O)N1CCC[C@H]1C(=O)NCC(=O)N[C@@H](Cc1ccc(O)cc1)C(=O)N[C@@H](CO)C(N)=O. The summed E-state index contributed by atoms with van der Waals surface area (Å²) in [7, 11) is 0. The van der Waals surface area contributed by atoms with Crippen LogP contribution in [0.2, 0.25) is 0 Å². The van der Waals surface area contributed by atoms with Crippen molar-refractivity contribution in [1.82, 2.24) is 106 Å². The first-order valence-corrected chi connectivity index (χ1v) is 47.7. The number of rotatable bonds is 61. The Hall–Kier alpha value is -15.6. The number of aliphatic hydroxyl groups excluding tert-OH is 2. The number of thioether (sulfide) groups is 1. The Balaban J connectivity index is 1.67. The number of primary amides is 3. The Morgan fingerprint density at radius 2 is 0.678 bits per heavy atom. The molecule has 0 aliphatic carbocycles. The summed E-state index contributed by atoms with van der Waals surface area (Å²) in [6.45, 7) is 10.6. The lowest BCUT2D eigenvalue weighted by Crippen LogP contribution is -2.61. The number of likely N-dealkylation sites (tertiary alicyclic amines) is 1. The normalized spacial score (nSPS) is 15.3. The molecule has 1 fully saturated rings. The second kappa shape index (κ2) is 61.4. The Kier molecular flexibility index (Phi) is 51.6. The zero-order valence-electron chi connectivity index (χ0n) is 82.5. The van der Waals surface area contributed by atoms with E-state index < -0.39 is 282 Å². The minimum atomic E-state index is -2.08. The molecule has 0 spiro atoms. The number of amides is 21. The topological polar surface area (TPSA) is 886 Å². The molecular weight excluding hydrogens is 1940 g/mol. The van der Waals surface area contributed by atoms with Crippen molar-refractivity contribution in [1.29, 1.82) is 10.8 Å². The molecule has 0 bridgehead atoms. The molecule has 1 aliphatic rings. The predicted molar refractivity (Wildman–Crippen MR) is 524 cm³/mol. The average Bonchev–Trinajstić information content (AvgIpc) is 1.67. The number of nitrogens with zero attached hydrogens (tertiary/aromatic N) is 1. The molecule has 1 aliphatic heterocycles. The molecule has 17 atom stereocenters. The highest BCUT2D eigenvalue weighted by atomic mass is 32.2. The number of guanidine groups is 2. The molecule has 4 rings (SSSR count). The van der Waals surface area contributed by atoms with Gasteiger partial charge in [0.1, 0.15) is 114 Å². The average molecular weight is 2070 g/mol. The van der Waals surface area contributed by atoms with Gasteiger partial charge in [0.2, 0.25) is 129 Å². The highest BCUT2D eigenvalue weighted by Gasteiger charge is 2.42. The minimum absolute atomic E-state index is 0.0154.